The van der Waals surface area contributed by atoms with Gasteiger partial charge in [-0.3, -0.25) is 14.9 Å². The second-order valence-corrected chi connectivity index (χ2v) is 7.98. The number of ether oxygens (including phenoxy) is 1. The van der Waals surface area contributed by atoms with Crippen LogP contribution < -0.4 is 5.32 Å². The van der Waals surface area contributed by atoms with Gasteiger partial charge in [-0.2, -0.15) is 12.6 Å². The number of thiol groups is 1. The third kappa shape index (κ3) is 16.2. The highest BCUT2D eigenvalue weighted by atomic mass is 32.1. The zero-order valence-electron chi connectivity index (χ0n) is 18.1. The van der Waals surface area contributed by atoms with Crippen LogP contribution in [0, 0.1) is 0 Å². The second kappa shape index (κ2) is 19.6. The topological polar surface area (TPSA) is 75.6 Å². The fourth-order valence-electron chi connectivity index (χ4n) is 3.17. The Morgan fingerprint density at radius 1 is 0.857 bits per heavy atom. The van der Waals surface area contributed by atoms with Gasteiger partial charge in [0.25, 0.3) is 0 Å². The largest absolute Gasteiger partial charge is 0.480 e. The zero-order valence-corrected chi connectivity index (χ0v) is 19.0. The first-order valence-corrected chi connectivity index (χ1v) is 12.0. The molecule has 166 valence electrons. The van der Waals surface area contributed by atoms with E-state index < -0.39 is 18.2 Å². The number of nitrogens with one attached hydrogen (secondary N) is 1. The Bertz CT molecular complexity index is 393. The van der Waals surface area contributed by atoms with Gasteiger partial charge in [0.05, 0.1) is 0 Å². The Labute approximate surface area is 177 Å². The van der Waals surface area contributed by atoms with E-state index in [1.165, 1.54) is 70.6 Å². The van der Waals surface area contributed by atoms with E-state index in [1.54, 1.807) is 0 Å². The molecular weight excluding hydrogens is 374 g/mol. The van der Waals surface area contributed by atoms with Crippen LogP contribution in [-0.2, 0) is 14.3 Å². The Morgan fingerprint density at radius 3 is 1.71 bits per heavy atom. The molecule has 0 bridgehead atoms. The zero-order chi connectivity index (χ0) is 21.0. The summed E-state index contributed by atoms with van der Waals surface area (Å²) in [6.45, 7) is 4.11. The molecule has 28 heavy (non-hydrogen) atoms. The fraction of sp³-hybridized carbons (Fsp3) is 0.909. The van der Waals surface area contributed by atoms with Crippen LogP contribution in [0.4, 0.5) is 0 Å². The molecule has 0 heterocycles. The lowest BCUT2D eigenvalue weighted by Gasteiger charge is -2.21. The molecular formula is C22H43NO4S. The highest BCUT2D eigenvalue weighted by Gasteiger charge is 2.21. The quantitative estimate of drug-likeness (QED) is 0.102. The van der Waals surface area contributed by atoms with Crippen molar-refractivity contribution >= 4 is 24.6 Å². The fourth-order valence-corrected chi connectivity index (χ4v) is 3.43. The van der Waals surface area contributed by atoms with Gasteiger partial charge < -0.3 is 9.84 Å². The van der Waals surface area contributed by atoms with E-state index in [2.05, 4.69) is 24.9 Å². The first kappa shape index (κ1) is 27.2. The number of aliphatic carboxylic acids is 1. The normalized spacial score (nSPS) is 13.2. The minimum absolute atomic E-state index is 0.155. The summed E-state index contributed by atoms with van der Waals surface area (Å²) in [5.41, 5.74) is 0. The minimum atomic E-state index is -0.985. The van der Waals surface area contributed by atoms with E-state index in [1.807, 2.05) is 6.92 Å². The summed E-state index contributed by atoms with van der Waals surface area (Å²) >= 11 is 4.01. The number of hydrogen-bond acceptors (Lipinski definition) is 5. The number of carbonyl (C=O) groups is 2. The highest BCUT2D eigenvalue weighted by Crippen LogP contribution is 2.13. The first-order chi connectivity index (χ1) is 13.5. The number of hydrogen-bond donors (Lipinski definition) is 3. The lowest BCUT2D eigenvalue weighted by Crippen LogP contribution is -2.46. The summed E-state index contributed by atoms with van der Waals surface area (Å²) in [5.74, 6) is -1.09. The van der Waals surface area contributed by atoms with E-state index in [0.29, 0.717) is 12.8 Å². The number of unbranched alkanes of at least 4 members (excludes halogenated alkanes) is 12. The third-order valence-electron chi connectivity index (χ3n) is 5.00. The lowest BCUT2D eigenvalue weighted by molar-refractivity contribution is -0.154. The molecule has 0 aromatic carbocycles. The van der Waals surface area contributed by atoms with Crippen LogP contribution in [0.5, 0.6) is 0 Å². The van der Waals surface area contributed by atoms with Crippen LogP contribution in [0.15, 0.2) is 0 Å². The van der Waals surface area contributed by atoms with Gasteiger partial charge in [-0.15, -0.1) is 0 Å². The average Bonchev–Trinajstić information content (AvgIpc) is 2.68. The summed E-state index contributed by atoms with van der Waals surface area (Å²) in [4.78, 5) is 22.9. The second-order valence-electron chi connectivity index (χ2n) is 7.62. The SMILES string of the molecule is CCCCCCCCCCCCCCCC(=O)OC(CC)NC(CS)C(=O)O. The lowest BCUT2D eigenvalue weighted by atomic mass is 10.0. The van der Waals surface area contributed by atoms with Crippen molar-refractivity contribution in [1.29, 1.82) is 0 Å². The van der Waals surface area contributed by atoms with Crippen molar-refractivity contribution in [3.63, 3.8) is 0 Å². The maximum atomic E-state index is 11.9. The molecule has 0 rings (SSSR count). The summed E-state index contributed by atoms with van der Waals surface area (Å²) in [6, 6.07) is -0.808. The van der Waals surface area contributed by atoms with Gasteiger partial charge in [-0.25, -0.2) is 0 Å². The number of carboxylic acids is 1. The molecule has 0 radical (unpaired) electrons. The van der Waals surface area contributed by atoms with Crippen molar-refractivity contribution < 1.29 is 19.4 Å². The predicted molar refractivity (Wildman–Crippen MR) is 119 cm³/mol. The van der Waals surface area contributed by atoms with Crippen molar-refractivity contribution in [2.24, 2.45) is 0 Å². The predicted octanol–water partition coefficient (Wildman–Crippen LogP) is 5.72. The highest BCUT2D eigenvalue weighted by molar-refractivity contribution is 7.80. The summed E-state index contributed by atoms with van der Waals surface area (Å²) in [5, 5.41) is 11.8. The number of esters is 1. The Morgan fingerprint density at radius 2 is 1.32 bits per heavy atom. The standard InChI is InChI=1S/C22H43NO4S/c1-3-5-6-7-8-9-10-11-12-13-14-15-16-17-21(24)27-20(4-2)23-19(18-28)22(25)26/h19-20,23,28H,3-18H2,1-2H3,(H,25,26). The Kier molecular flexibility index (Phi) is 19.0. The summed E-state index contributed by atoms with van der Waals surface area (Å²) in [6.07, 6.45) is 16.9. The molecule has 0 aromatic heterocycles. The van der Waals surface area contributed by atoms with Gasteiger partial charge in [0, 0.05) is 12.2 Å². The molecule has 0 saturated carbocycles. The number of carboxylic acid groups (broad SMARTS) is 1. The summed E-state index contributed by atoms with van der Waals surface area (Å²) < 4.78 is 5.34. The molecule has 0 saturated heterocycles. The van der Waals surface area contributed by atoms with Gasteiger partial charge in [-0.1, -0.05) is 90.9 Å². The van der Waals surface area contributed by atoms with E-state index in [-0.39, 0.29) is 11.7 Å². The molecule has 5 nitrogen and oxygen atoms in total. The molecule has 0 amide bonds. The van der Waals surface area contributed by atoms with Gasteiger partial charge in [-0.05, 0) is 12.8 Å². The van der Waals surface area contributed by atoms with Crippen LogP contribution >= 0.6 is 12.6 Å². The van der Waals surface area contributed by atoms with Crippen LogP contribution in [0.1, 0.15) is 110 Å². The molecule has 2 unspecified atom stereocenters. The molecule has 6 heteroatoms. The van der Waals surface area contributed by atoms with Crippen LogP contribution in [-0.4, -0.2) is 35.1 Å². The molecule has 0 aliphatic rings. The monoisotopic (exact) mass is 417 g/mol. The molecule has 2 N–H and O–H groups in total. The Hall–Kier alpha value is -0.750. The molecule has 0 spiro atoms. The van der Waals surface area contributed by atoms with Gasteiger partial charge in [0.2, 0.25) is 0 Å². The maximum absolute atomic E-state index is 11.9. The molecule has 0 aliphatic carbocycles. The van der Waals surface area contributed by atoms with E-state index >= 15 is 0 Å². The van der Waals surface area contributed by atoms with Gasteiger partial charge in [0.15, 0.2) is 6.23 Å². The third-order valence-corrected chi connectivity index (χ3v) is 5.36. The van der Waals surface area contributed by atoms with Crippen LogP contribution in [0.3, 0.4) is 0 Å². The Balaban J connectivity index is 3.57. The molecule has 0 aliphatic heterocycles. The van der Waals surface area contributed by atoms with Crippen molar-refractivity contribution in [1.82, 2.24) is 5.32 Å². The number of carbonyl (C=O) groups excluding carboxylic acids is 1. The van der Waals surface area contributed by atoms with E-state index in [4.69, 9.17) is 9.84 Å². The molecule has 2 atom stereocenters. The number of rotatable bonds is 20. The van der Waals surface area contributed by atoms with Crippen molar-refractivity contribution in [3.8, 4) is 0 Å². The first-order valence-electron chi connectivity index (χ1n) is 11.3. The molecule has 0 fully saturated rings. The minimum Gasteiger partial charge on any atom is -0.480 e. The maximum Gasteiger partial charge on any atom is 0.321 e. The van der Waals surface area contributed by atoms with Crippen molar-refractivity contribution in [2.45, 2.75) is 122 Å². The van der Waals surface area contributed by atoms with Crippen molar-refractivity contribution in [2.75, 3.05) is 5.75 Å². The van der Waals surface area contributed by atoms with E-state index in [9.17, 15) is 9.59 Å². The summed E-state index contributed by atoms with van der Waals surface area (Å²) in [7, 11) is 0. The van der Waals surface area contributed by atoms with Gasteiger partial charge in [0.1, 0.15) is 6.04 Å². The smallest absolute Gasteiger partial charge is 0.321 e. The molecule has 0 aromatic rings. The van der Waals surface area contributed by atoms with Crippen molar-refractivity contribution in [3.05, 3.63) is 0 Å². The van der Waals surface area contributed by atoms with E-state index in [0.717, 1.165) is 12.8 Å². The van der Waals surface area contributed by atoms with Crippen LogP contribution in [0.2, 0.25) is 0 Å². The van der Waals surface area contributed by atoms with Gasteiger partial charge >= 0.3 is 11.9 Å². The average molecular weight is 418 g/mol. The van der Waals surface area contributed by atoms with Crippen LogP contribution in [0.25, 0.3) is 0 Å².